The molecule has 6 heteroatoms. The number of nitrogens with zero attached hydrogens (tertiary/aromatic N) is 1. The first-order chi connectivity index (χ1) is 13.1. The maximum Gasteiger partial charge on any atom is 0.243 e. The Morgan fingerprint density at radius 3 is 2.37 bits per heavy atom. The Morgan fingerprint density at radius 2 is 1.70 bits per heavy atom. The van der Waals surface area contributed by atoms with E-state index in [1.54, 1.807) is 12.1 Å². The van der Waals surface area contributed by atoms with Crippen molar-refractivity contribution >= 4 is 10.0 Å². The van der Waals surface area contributed by atoms with Gasteiger partial charge in [-0.15, -0.1) is 0 Å². The quantitative estimate of drug-likeness (QED) is 0.707. The average Bonchev–Trinajstić information content (AvgIpc) is 2.72. The SMILES string of the molecule is CC(CCNCc1ccc(S(=O)(=O)N2CCOCC2)cc1)c1ccccc1. The van der Waals surface area contributed by atoms with Crippen molar-refractivity contribution in [2.24, 2.45) is 0 Å². The number of morpholine rings is 1. The third-order valence-corrected chi connectivity index (χ3v) is 6.90. The van der Waals surface area contributed by atoms with Gasteiger partial charge in [0.2, 0.25) is 10.0 Å². The van der Waals surface area contributed by atoms with Crippen molar-refractivity contribution in [1.29, 1.82) is 0 Å². The molecule has 0 spiro atoms. The predicted molar refractivity (Wildman–Crippen MR) is 107 cm³/mol. The molecule has 1 N–H and O–H groups in total. The maximum absolute atomic E-state index is 12.6. The van der Waals surface area contributed by atoms with E-state index in [1.807, 2.05) is 18.2 Å². The number of sulfonamides is 1. The molecule has 2 aromatic carbocycles. The second-order valence-corrected chi connectivity index (χ2v) is 8.88. The summed E-state index contributed by atoms with van der Waals surface area (Å²) in [4.78, 5) is 0.353. The Morgan fingerprint density at radius 1 is 1.04 bits per heavy atom. The molecule has 1 saturated heterocycles. The number of hydrogen-bond donors (Lipinski definition) is 1. The molecule has 3 rings (SSSR count). The van der Waals surface area contributed by atoms with E-state index in [9.17, 15) is 8.42 Å². The zero-order valence-corrected chi connectivity index (χ0v) is 16.6. The van der Waals surface area contributed by atoms with E-state index in [2.05, 4.69) is 36.5 Å². The minimum atomic E-state index is -3.41. The van der Waals surface area contributed by atoms with Gasteiger partial charge in [-0.2, -0.15) is 4.31 Å². The first-order valence-electron chi connectivity index (χ1n) is 9.50. The molecule has 2 aromatic rings. The Bertz CT molecular complexity index is 801. The summed E-state index contributed by atoms with van der Waals surface area (Å²) in [5, 5.41) is 3.45. The standard InChI is InChI=1S/C21H28N2O3S/c1-18(20-5-3-2-4-6-20)11-12-22-17-19-7-9-21(10-8-19)27(24,25)23-13-15-26-16-14-23/h2-10,18,22H,11-17H2,1H3. The largest absolute Gasteiger partial charge is 0.379 e. The summed E-state index contributed by atoms with van der Waals surface area (Å²) in [5.41, 5.74) is 2.44. The summed E-state index contributed by atoms with van der Waals surface area (Å²) in [6.45, 7) is 5.66. The predicted octanol–water partition coefficient (Wildman–Crippen LogP) is 2.99. The highest BCUT2D eigenvalue weighted by atomic mass is 32.2. The van der Waals surface area contributed by atoms with Crippen molar-refractivity contribution in [3.05, 3.63) is 65.7 Å². The van der Waals surface area contributed by atoms with Gasteiger partial charge in [0, 0.05) is 19.6 Å². The molecular formula is C21H28N2O3S. The van der Waals surface area contributed by atoms with Gasteiger partial charge in [0.15, 0.2) is 0 Å². The minimum Gasteiger partial charge on any atom is -0.379 e. The van der Waals surface area contributed by atoms with Crippen molar-refractivity contribution in [2.45, 2.75) is 30.7 Å². The lowest BCUT2D eigenvalue weighted by Crippen LogP contribution is -2.40. The molecule has 5 nitrogen and oxygen atoms in total. The fourth-order valence-corrected chi connectivity index (χ4v) is 4.62. The molecule has 1 aliphatic heterocycles. The first kappa shape index (κ1) is 20.0. The second kappa shape index (κ2) is 9.46. The molecule has 1 aliphatic rings. The summed E-state index contributed by atoms with van der Waals surface area (Å²) in [7, 11) is -3.41. The summed E-state index contributed by atoms with van der Waals surface area (Å²) in [6, 6.07) is 17.7. The van der Waals surface area contributed by atoms with Crippen LogP contribution in [0, 0.1) is 0 Å². The van der Waals surface area contributed by atoms with Gasteiger partial charge in [-0.25, -0.2) is 8.42 Å². The van der Waals surface area contributed by atoms with E-state index < -0.39 is 10.0 Å². The smallest absolute Gasteiger partial charge is 0.243 e. The van der Waals surface area contributed by atoms with Crippen LogP contribution in [0.4, 0.5) is 0 Å². The van der Waals surface area contributed by atoms with Gasteiger partial charge in [-0.1, -0.05) is 49.4 Å². The number of hydrogen-bond acceptors (Lipinski definition) is 4. The third kappa shape index (κ3) is 5.39. The fourth-order valence-electron chi connectivity index (χ4n) is 3.21. The lowest BCUT2D eigenvalue weighted by Gasteiger charge is -2.26. The van der Waals surface area contributed by atoms with Gasteiger partial charge >= 0.3 is 0 Å². The zero-order valence-electron chi connectivity index (χ0n) is 15.8. The molecule has 1 unspecified atom stereocenters. The lowest BCUT2D eigenvalue weighted by atomic mass is 9.98. The molecule has 0 amide bonds. The first-order valence-corrected chi connectivity index (χ1v) is 10.9. The number of nitrogens with one attached hydrogen (secondary N) is 1. The van der Waals surface area contributed by atoms with Crippen LogP contribution in [0.15, 0.2) is 59.5 Å². The molecule has 0 saturated carbocycles. The maximum atomic E-state index is 12.6. The van der Waals surface area contributed by atoms with Gasteiger partial charge in [0.25, 0.3) is 0 Å². The van der Waals surface area contributed by atoms with Crippen molar-refractivity contribution in [3.8, 4) is 0 Å². The van der Waals surface area contributed by atoms with Crippen LogP contribution in [0.3, 0.4) is 0 Å². The molecule has 0 aliphatic carbocycles. The van der Waals surface area contributed by atoms with E-state index in [1.165, 1.54) is 9.87 Å². The second-order valence-electron chi connectivity index (χ2n) is 6.94. The van der Waals surface area contributed by atoms with Gasteiger partial charge in [0.1, 0.15) is 0 Å². The molecule has 1 fully saturated rings. The normalized spacial score (nSPS) is 16.9. The van der Waals surface area contributed by atoms with Crippen molar-refractivity contribution in [2.75, 3.05) is 32.8 Å². The minimum absolute atomic E-state index is 0.353. The molecule has 0 bridgehead atoms. The van der Waals surface area contributed by atoms with Crippen LogP contribution >= 0.6 is 0 Å². The Kier molecular flexibility index (Phi) is 7.01. The molecular weight excluding hydrogens is 360 g/mol. The molecule has 1 heterocycles. The van der Waals surface area contributed by atoms with Gasteiger partial charge < -0.3 is 10.1 Å². The topological polar surface area (TPSA) is 58.6 Å². The van der Waals surface area contributed by atoms with Crippen LogP contribution in [-0.2, 0) is 21.3 Å². The summed E-state index contributed by atoms with van der Waals surface area (Å²) in [5.74, 6) is 0.514. The number of benzene rings is 2. The van der Waals surface area contributed by atoms with Crippen LogP contribution in [-0.4, -0.2) is 45.6 Å². The van der Waals surface area contributed by atoms with E-state index in [4.69, 9.17) is 4.74 Å². The molecule has 146 valence electrons. The molecule has 0 radical (unpaired) electrons. The highest BCUT2D eigenvalue weighted by Crippen LogP contribution is 2.19. The molecule has 27 heavy (non-hydrogen) atoms. The van der Waals surface area contributed by atoms with Crippen molar-refractivity contribution < 1.29 is 13.2 Å². The average molecular weight is 389 g/mol. The number of ether oxygens (including phenoxy) is 1. The van der Waals surface area contributed by atoms with Gasteiger partial charge in [-0.3, -0.25) is 0 Å². The Hall–Kier alpha value is -1.73. The molecule has 0 aromatic heterocycles. The van der Waals surface area contributed by atoms with Gasteiger partial charge in [0.05, 0.1) is 18.1 Å². The van der Waals surface area contributed by atoms with E-state index in [0.29, 0.717) is 37.1 Å². The van der Waals surface area contributed by atoms with Crippen molar-refractivity contribution in [1.82, 2.24) is 9.62 Å². The zero-order chi connectivity index (χ0) is 19.1. The van der Waals surface area contributed by atoms with E-state index >= 15 is 0 Å². The Labute approximate surface area is 162 Å². The highest BCUT2D eigenvalue weighted by Gasteiger charge is 2.25. The van der Waals surface area contributed by atoms with Crippen LogP contribution in [0.1, 0.15) is 30.4 Å². The monoisotopic (exact) mass is 388 g/mol. The number of rotatable bonds is 8. The van der Waals surface area contributed by atoms with Crippen LogP contribution < -0.4 is 5.32 Å². The van der Waals surface area contributed by atoms with Crippen molar-refractivity contribution in [3.63, 3.8) is 0 Å². The van der Waals surface area contributed by atoms with Crippen LogP contribution in [0.5, 0.6) is 0 Å². The summed E-state index contributed by atoms with van der Waals surface area (Å²) >= 11 is 0. The fraction of sp³-hybridized carbons (Fsp3) is 0.429. The third-order valence-electron chi connectivity index (χ3n) is 4.98. The molecule has 1 atom stereocenters. The highest BCUT2D eigenvalue weighted by molar-refractivity contribution is 7.89. The Balaban J connectivity index is 1.48. The summed E-state index contributed by atoms with van der Waals surface area (Å²) < 4.78 is 32.0. The lowest BCUT2D eigenvalue weighted by molar-refractivity contribution is 0.0730. The van der Waals surface area contributed by atoms with Gasteiger partial charge in [-0.05, 0) is 42.1 Å². The van der Waals surface area contributed by atoms with Crippen LogP contribution in [0.2, 0.25) is 0 Å². The van der Waals surface area contributed by atoms with E-state index in [-0.39, 0.29) is 0 Å². The van der Waals surface area contributed by atoms with Crippen LogP contribution in [0.25, 0.3) is 0 Å². The summed E-state index contributed by atoms with van der Waals surface area (Å²) in [6.07, 6.45) is 1.06. The van der Waals surface area contributed by atoms with E-state index in [0.717, 1.165) is 25.1 Å².